The number of hydrogen-bond donors (Lipinski definition) is 2. The number of rotatable bonds is 6. The van der Waals surface area contributed by atoms with Crippen molar-refractivity contribution in [1.82, 2.24) is 4.98 Å². The minimum Gasteiger partial charge on any atom is -0.439 e. The molecule has 0 aliphatic rings. The van der Waals surface area contributed by atoms with E-state index in [1.54, 1.807) is 18.3 Å². The van der Waals surface area contributed by atoms with Crippen LogP contribution in [-0.4, -0.2) is 16.9 Å². The Morgan fingerprint density at radius 2 is 2.14 bits per heavy atom. The predicted octanol–water partition coefficient (Wildman–Crippen LogP) is 3.11. The first-order chi connectivity index (χ1) is 10.6. The standard InChI is InChI=1S/C17H21N3O2/c1-3-12-6-5-7-14(10-12)22-16-9-8-13(11-19-16)20-17(21)15(18)4-2/h5-11,15H,3-4,18H2,1-2H3,(H,20,21)/t15-/m0/s1. The van der Waals surface area contributed by atoms with E-state index in [-0.39, 0.29) is 5.91 Å². The van der Waals surface area contributed by atoms with Crippen molar-refractivity contribution in [2.75, 3.05) is 5.32 Å². The Hall–Kier alpha value is -2.40. The van der Waals surface area contributed by atoms with Crippen LogP contribution in [0.2, 0.25) is 0 Å². The van der Waals surface area contributed by atoms with Gasteiger partial charge in [-0.2, -0.15) is 0 Å². The largest absolute Gasteiger partial charge is 0.439 e. The van der Waals surface area contributed by atoms with E-state index < -0.39 is 6.04 Å². The number of pyridine rings is 1. The Balaban J connectivity index is 2.01. The van der Waals surface area contributed by atoms with Crippen LogP contribution in [0.5, 0.6) is 11.6 Å². The molecule has 2 rings (SSSR count). The average Bonchev–Trinajstić information content (AvgIpc) is 2.56. The number of nitrogens with zero attached hydrogens (tertiary/aromatic N) is 1. The van der Waals surface area contributed by atoms with Gasteiger partial charge >= 0.3 is 0 Å². The summed E-state index contributed by atoms with van der Waals surface area (Å²) < 4.78 is 5.70. The zero-order valence-corrected chi connectivity index (χ0v) is 12.9. The molecule has 0 radical (unpaired) electrons. The van der Waals surface area contributed by atoms with Crippen molar-refractivity contribution in [2.45, 2.75) is 32.7 Å². The molecule has 22 heavy (non-hydrogen) atoms. The highest BCUT2D eigenvalue weighted by Crippen LogP contribution is 2.21. The third-order valence-corrected chi connectivity index (χ3v) is 3.31. The van der Waals surface area contributed by atoms with Gasteiger partial charge in [-0.25, -0.2) is 4.98 Å². The highest BCUT2D eigenvalue weighted by molar-refractivity contribution is 5.94. The molecule has 5 heteroatoms. The molecular weight excluding hydrogens is 278 g/mol. The number of carbonyl (C=O) groups is 1. The van der Waals surface area contributed by atoms with Gasteiger partial charge in [0.25, 0.3) is 0 Å². The zero-order chi connectivity index (χ0) is 15.9. The van der Waals surface area contributed by atoms with Crippen LogP contribution in [0.25, 0.3) is 0 Å². The molecule has 1 amide bonds. The topological polar surface area (TPSA) is 77.2 Å². The van der Waals surface area contributed by atoms with Crippen molar-refractivity contribution in [1.29, 1.82) is 0 Å². The third kappa shape index (κ3) is 4.30. The first-order valence-electron chi connectivity index (χ1n) is 7.41. The Morgan fingerprint density at radius 3 is 2.77 bits per heavy atom. The molecular formula is C17H21N3O2. The van der Waals surface area contributed by atoms with Crippen LogP contribution in [0.1, 0.15) is 25.8 Å². The molecule has 0 aliphatic carbocycles. The maximum Gasteiger partial charge on any atom is 0.241 e. The van der Waals surface area contributed by atoms with E-state index in [0.29, 0.717) is 18.0 Å². The van der Waals surface area contributed by atoms with Crippen LogP contribution in [-0.2, 0) is 11.2 Å². The van der Waals surface area contributed by atoms with E-state index in [4.69, 9.17) is 10.5 Å². The monoisotopic (exact) mass is 299 g/mol. The number of anilines is 1. The summed E-state index contributed by atoms with van der Waals surface area (Å²) in [6, 6.07) is 10.8. The molecule has 0 aliphatic heterocycles. The number of hydrogen-bond acceptors (Lipinski definition) is 4. The van der Waals surface area contributed by atoms with Gasteiger partial charge in [-0.05, 0) is 36.6 Å². The molecule has 0 saturated heterocycles. The van der Waals surface area contributed by atoms with Gasteiger partial charge in [0.15, 0.2) is 0 Å². The molecule has 1 atom stereocenters. The molecule has 1 aromatic carbocycles. The highest BCUT2D eigenvalue weighted by atomic mass is 16.5. The number of amides is 1. The molecule has 0 bridgehead atoms. The maximum absolute atomic E-state index is 11.7. The molecule has 5 nitrogen and oxygen atoms in total. The quantitative estimate of drug-likeness (QED) is 0.859. The zero-order valence-electron chi connectivity index (χ0n) is 12.9. The second-order valence-corrected chi connectivity index (χ2v) is 4.99. The number of benzene rings is 1. The van der Waals surface area contributed by atoms with Gasteiger partial charge in [0.05, 0.1) is 17.9 Å². The second kappa shape index (κ2) is 7.56. The SMILES string of the molecule is CCc1cccc(Oc2ccc(NC(=O)[C@@H](N)CC)cn2)c1. The Kier molecular flexibility index (Phi) is 5.49. The lowest BCUT2D eigenvalue weighted by Gasteiger charge is -2.10. The Bertz CT molecular complexity index is 626. The first-order valence-corrected chi connectivity index (χ1v) is 7.41. The number of carbonyl (C=O) groups excluding carboxylic acids is 1. The van der Waals surface area contributed by atoms with Crippen molar-refractivity contribution in [3.05, 3.63) is 48.2 Å². The fraction of sp³-hybridized carbons (Fsp3) is 0.294. The second-order valence-electron chi connectivity index (χ2n) is 4.99. The molecule has 0 unspecified atom stereocenters. The van der Waals surface area contributed by atoms with E-state index in [2.05, 4.69) is 23.3 Å². The summed E-state index contributed by atoms with van der Waals surface area (Å²) in [6.07, 6.45) is 3.10. The summed E-state index contributed by atoms with van der Waals surface area (Å²) in [5.41, 5.74) is 7.47. The maximum atomic E-state index is 11.7. The van der Waals surface area contributed by atoms with Crippen LogP contribution in [0.4, 0.5) is 5.69 Å². The van der Waals surface area contributed by atoms with Gasteiger partial charge in [-0.3, -0.25) is 4.79 Å². The number of ether oxygens (including phenoxy) is 1. The van der Waals surface area contributed by atoms with Crippen molar-refractivity contribution < 1.29 is 9.53 Å². The van der Waals surface area contributed by atoms with Crippen LogP contribution >= 0.6 is 0 Å². The predicted molar refractivity (Wildman–Crippen MR) is 87.0 cm³/mol. The number of nitrogens with one attached hydrogen (secondary N) is 1. The summed E-state index contributed by atoms with van der Waals surface area (Å²) >= 11 is 0. The average molecular weight is 299 g/mol. The van der Waals surface area contributed by atoms with Gasteiger partial charge in [0.2, 0.25) is 11.8 Å². The van der Waals surface area contributed by atoms with Gasteiger partial charge in [-0.15, -0.1) is 0 Å². The fourth-order valence-electron chi connectivity index (χ4n) is 1.88. The van der Waals surface area contributed by atoms with Gasteiger partial charge < -0.3 is 15.8 Å². The molecule has 1 heterocycles. The van der Waals surface area contributed by atoms with Crippen LogP contribution in [0.3, 0.4) is 0 Å². The van der Waals surface area contributed by atoms with Crippen molar-refractivity contribution in [2.24, 2.45) is 5.73 Å². The lowest BCUT2D eigenvalue weighted by atomic mass is 10.2. The smallest absolute Gasteiger partial charge is 0.241 e. The molecule has 2 aromatic rings. The van der Waals surface area contributed by atoms with Gasteiger partial charge in [0.1, 0.15) is 5.75 Å². The van der Waals surface area contributed by atoms with Crippen LogP contribution in [0, 0.1) is 0 Å². The van der Waals surface area contributed by atoms with Gasteiger partial charge in [-0.1, -0.05) is 26.0 Å². The molecule has 116 valence electrons. The van der Waals surface area contributed by atoms with Gasteiger partial charge in [0, 0.05) is 6.07 Å². The van der Waals surface area contributed by atoms with E-state index >= 15 is 0 Å². The summed E-state index contributed by atoms with van der Waals surface area (Å²) in [4.78, 5) is 15.9. The van der Waals surface area contributed by atoms with E-state index in [1.807, 2.05) is 25.1 Å². The number of aryl methyl sites for hydroxylation is 1. The molecule has 0 fully saturated rings. The van der Waals surface area contributed by atoms with E-state index in [9.17, 15) is 4.79 Å². The lowest BCUT2D eigenvalue weighted by Crippen LogP contribution is -2.34. The molecule has 1 aromatic heterocycles. The minimum absolute atomic E-state index is 0.214. The summed E-state index contributed by atoms with van der Waals surface area (Å²) in [7, 11) is 0. The minimum atomic E-state index is -0.507. The highest BCUT2D eigenvalue weighted by Gasteiger charge is 2.11. The summed E-state index contributed by atoms with van der Waals surface area (Å²) in [5, 5.41) is 2.72. The lowest BCUT2D eigenvalue weighted by molar-refractivity contribution is -0.117. The molecule has 0 spiro atoms. The van der Waals surface area contributed by atoms with Crippen molar-refractivity contribution in [3.63, 3.8) is 0 Å². The Morgan fingerprint density at radius 1 is 1.32 bits per heavy atom. The third-order valence-electron chi connectivity index (χ3n) is 3.31. The van der Waals surface area contributed by atoms with Crippen LogP contribution in [0.15, 0.2) is 42.6 Å². The first kappa shape index (κ1) is 16.0. The van der Waals surface area contributed by atoms with Crippen molar-refractivity contribution in [3.8, 4) is 11.6 Å². The Labute approximate surface area is 130 Å². The van der Waals surface area contributed by atoms with Crippen LogP contribution < -0.4 is 15.8 Å². The summed E-state index contributed by atoms with van der Waals surface area (Å²) in [6.45, 7) is 3.96. The molecule has 0 saturated carbocycles. The van der Waals surface area contributed by atoms with E-state index in [1.165, 1.54) is 5.56 Å². The fourth-order valence-corrected chi connectivity index (χ4v) is 1.88. The van der Waals surface area contributed by atoms with Crippen molar-refractivity contribution >= 4 is 11.6 Å². The summed E-state index contributed by atoms with van der Waals surface area (Å²) in [5.74, 6) is 1.01. The molecule has 3 N–H and O–H groups in total. The van der Waals surface area contributed by atoms with E-state index in [0.717, 1.165) is 12.2 Å². The number of aromatic nitrogens is 1. The normalized spacial score (nSPS) is 11.8. The number of nitrogens with two attached hydrogens (primary N) is 1.